The summed E-state index contributed by atoms with van der Waals surface area (Å²) in [5.74, 6) is -0.905. The average Bonchev–Trinajstić information content (AvgIpc) is 3.15. The molecule has 1 aliphatic heterocycles. The zero-order valence-corrected chi connectivity index (χ0v) is 15.4. The molecule has 7 nitrogen and oxygen atoms in total. The van der Waals surface area contributed by atoms with E-state index in [1.807, 2.05) is 0 Å². The van der Waals surface area contributed by atoms with Gasteiger partial charge in [-0.05, 0) is 36.4 Å². The summed E-state index contributed by atoms with van der Waals surface area (Å²) in [7, 11) is 0. The Kier molecular flexibility index (Phi) is 6.20. The summed E-state index contributed by atoms with van der Waals surface area (Å²) in [5.41, 5.74) is 0.253. The number of aromatic hydroxyl groups is 1. The van der Waals surface area contributed by atoms with E-state index in [9.17, 15) is 19.5 Å². The van der Waals surface area contributed by atoms with Crippen molar-refractivity contribution in [3.05, 3.63) is 51.7 Å². The number of thiophene rings is 1. The summed E-state index contributed by atoms with van der Waals surface area (Å²) in [5, 5.41) is 9.22. The predicted molar refractivity (Wildman–Crippen MR) is 98.1 cm³/mol. The zero-order valence-electron chi connectivity index (χ0n) is 14.6. The summed E-state index contributed by atoms with van der Waals surface area (Å²) in [6.45, 7) is 1.89. The molecule has 2 aromatic rings. The van der Waals surface area contributed by atoms with Gasteiger partial charge in [-0.25, -0.2) is 4.79 Å². The fourth-order valence-electron chi connectivity index (χ4n) is 2.58. The van der Waals surface area contributed by atoms with Gasteiger partial charge in [0.25, 0.3) is 0 Å². The Balaban J connectivity index is 1.51. The van der Waals surface area contributed by atoms with Gasteiger partial charge in [-0.1, -0.05) is 0 Å². The van der Waals surface area contributed by atoms with Crippen molar-refractivity contribution in [2.75, 3.05) is 32.9 Å². The summed E-state index contributed by atoms with van der Waals surface area (Å²) in [4.78, 5) is 39.4. The van der Waals surface area contributed by atoms with E-state index in [4.69, 9.17) is 9.47 Å². The van der Waals surface area contributed by atoms with E-state index in [1.54, 1.807) is 17.0 Å². The molecule has 1 aliphatic rings. The van der Waals surface area contributed by atoms with Crippen LogP contribution in [0.1, 0.15) is 24.9 Å². The Morgan fingerprint density at radius 2 is 1.78 bits per heavy atom. The SMILES string of the molecule is O=C(OCC(=O)c1ccc(CC(=O)N2CCOCC2)s1)c1ccc(O)cc1. The van der Waals surface area contributed by atoms with Crippen LogP contribution in [0.25, 0.3) is 0 Å². The molecule has 0 atom stereocenters. The minimum Gasteiger partial charge on any atom is -0.508 e. The number of phenols is 1. The summed E-state index contributed by atoms with van der Waals surface area (Å²) in [6.07, 6.45) is 0.241. The van der Waals surface area contributed by atoms with E-state index in [2.05, 4.69) is 0 Å². The maximum absolute atomic E-state index is 12.2. The lowest BCUT2D eigenvalue weighted by Gasteiger charge is -2.26. The van der Waals surface area contributed by atoms with E-state index in [-0.39, 0.29) is 36.0 Å². The molecule has 1 fully saturated rings. The van der Waals surface area contributed by atoms with Crippen molar-refractivity contribution in [1.82, 2.24) is 4.90 Å². The number of rotatable bonds is 6. The number of esters is 1. The van der Waals surface area contributed by atoms with Crippen LogP contribution < -0.4 is 0 Å². The average molecular weight is 389 g/mol. The van der Waals surface area contributed by atoms with E-state index >= 15 is 0 Å². The quantitative estimate of drug-likeness (QED) is 0.599. The highest BCUT2D eigenvalue weighted by Crippen LogP contribution is 2.19. The second kappa shape index (κ2) is 8.79. The summed E-state index contributed by atoms with van der Waals surface area (Å²) >= 11 is 1.23. The van der Waals surface area contributed by atoms with Crippen molar-refractivity contribution in [1.29, 1.82) is 0 Å². The second-order valence-corrected chi connectivity index (χ2v) is 7.15. The molecular weight excluding hydrogens is 370 g/mol. The van der Waals surface area contributed by atoms with Crippen molar-refractivity contribution < 1.29 is 29.0 Å². The largest absolute Gasteiger partial charge is 0.508 e. The lowest BCUT2D eigenvalue weighted by atomic mass is 10.2. The molecule has 1 N–H and O–H groups in total. The first-order valence-electron chi connectivity index (χ1n) is 8.46. The number of amides is 1. The molecule has 1 aromatic heterocycles. The molecule has 0 spiro atoms. The van der Waals surface area contributed by atoms with Gasteiger partial charge < -0.3 is 19.5 Å². The summed E-state index contributed by atoms with van der Waals surface area (Å²) in [6, 6.07) is 8.97. The molecule has 0 bridgehead atoms. The topological polar surface area (TPSA) is 93.1 Å². The van der Waals surface area contributed by atoms with Gasteiger partial charge in [0.1, 0.15) is 5.75 Å². The maximum atomic E-state index is 12.2. The van der Waals surface area contributed by atoms with Crippen LogP contribution in [0.5, 0.6) is 5.75 Å². The molecule has 0 saturated carbocycles. The fraction of sp³-hybridized carbons (Fsp3) is 0.316. The molecule has 0 radical (unpaired) electrons. The lowest BCUT2D eigenvalue weighted by Crippen LogP contribution is -2.41. The van der Waals surface area contributed by atoms with Crippen LogP contribution in [0.4, 0.5) is 0 Å². The number of morpholine rings is 1. The Labute approximate surface area is 160 Å². The Morgan fingerprint density at radius 1 is 1.07 bits per heavy atom. The first kappa shape index (κ1) is 19.1. The standard InChI is InChI=1S/C19H19NO6S/c21-14-3-1-13(2-4-14)19(24)26-12-16(22)17-6-5-15(27-17)11-18(23)20-7-9-25-10-8-20/h1-6,21H,7-12H2. The number of hydrogen-bond donors (Lipinski definition) is 1. The normalized spacial score (nSPS) is 14.0. The van der Waals surface area contributed by atoms with Crippen molar-refractivity contribution >= 4 is 29.0 Å². The molecule has 0 unspecified atom stereocenters. The molecule has 27 heavy (non-hydrogen) atoms. The van der Waals surface area contributed by atoms with Crippen LogP contribution >= 0.6 is 11.3 Å². The van der Waals surface area contributed by atoms with Crippen molar-refractivity contribution in [3.8, 4) is 5.75 Å². The molecule has 3 rings (SSSR count). The zero-order chi connectivity index (χ0) is 19.2. The first-order chi connectivity index (χ1) is 13.0. The van der Waals surface area contributed by atoms with Crippen LogP contribution in [0.2, 0.25) is 0 Å². The van der Waals surface area contributed by atoms with Crippen LogP contribution in [-0.4, -0.2) is 60.6 Å². The molecule has 142 valence electrons. The number of hydrogen-bond acceptors (Lipinski definition) is 7. The van der Waals surface area contributed by atoms with Gasteiger partial charge in [0.15, 0.2) is 6.61 Å². The first-order valence-corrected chi connectivity index (χ1v) is 9.28. The minimum atomic E-state index is -0.636. The number of benzene rings is 1. The maximum Gasteiger partial charge on any atom is 0.338 e. The van der Waals surface area contributed by atoms with Crippen molar-refractivity contribution in [2.45, 2.75) is 6.42 Å². The number of ether oxygens (including phenoxy) is 2. The Bertz CT molecular complexity index is 823. The highest BCUT2D eigenvalue weighted by Gasteiger charge is 2.19. The molecule has 8 heteroatoms. The van der Waals surface area contributed by atoms with Crippen LogP contribution in [-0.2, 0) is 20.7 Å². The second-order valence-electron chi connectivity index (χ2n) is 5.98. The number of nitrogens with zero attached hydrogens (tertiary/aromatic N) is 1. The monoisotopic (exact) mass is 389 g/mol. The van der Waals surface area contributed by atoms with Gasteiger partial charge in [-0.2, -0.15) is 0 Å². The highest BCUT2D eigenvalue weighted by molar-refractivity contribution is 7.14. The number of phenolic OH excluding ortho intramolecular Hbond substituents is 1. The van der Waals surface area contributed by atoms with Gasteiger partial charge in [0, 0.05) is 18.0 Å². The van der Waals surface area contributed by atoms with Gasteiger partial charge in [0.2, 0.25) is 11.7 Å². The number of ketones is 1. The third-order valence-electron chi connectivity index (χ3n) is 4.06. The van der Waals surface area contributed by atoms with E-state index in [0.29, 0.717) is 31.2 Å². The third kappa shape index (κ3) is 5.15. The number of carbonyl (C=O) groups is 3. The molecule has 0 aliphatic carbocycles. The highest BCUT2D eigenvalue weighted by atomic mass is 32.1. The smallest absolute Gasteiger partial charge is 0.338 e. The molecule has 1 saturated heterocycles. The van der Waals surface area contributed by atoms with Gasteiger partial charge in [-0.15, -0.1) is 11.3 Å². The van der Waals surface area contributed by atoms with Crippen LogP contribution in [0, 0.1) is 0 Å². The Morgan fingerprint density at radius 3 is 2.48 bits per heavy atom. The predicted octanol–water partition coefficient (Wildman–Crippen LogP) is 1.89. The van der Waals surface area contributed by atoms with Gasteiger partial charge in [-0.3, -0.25) is 9.59 Å². The van der Waals surface area contributed by atoms with E-state index in [0.717, 1.165) is 4.88 Å². The van der Waals surface area contributed by atoms with Gasteiger partial charge in [0.05, 0.1) is 30.1 Å². The van der Waals surface area contributed by atoms with Crippen LogP contribution in [0.15, 0.2) is 36.4 Å². The fourth-order valence-corrected chi connectivity index (χ4v) is 3.50. The third-order valence-corrected chi connectivity index (χ3v) is 5.19. The van der Waals surface area contributed by atoms with E-state index < -0.39 is 5.97 Å². The number of Topliss-reactive ketones (excluding diaryl/α,β-unsaturated/α-hetero) is 1. The Hall–Kier alpha value is -2.71. The minimum absolute atomic E-state index is 0.0120. The van der Waals surface area contributed by atoms with E-state index in [1.165, 1.54) is 35.6 Å². The molecule has 1 aromatic carbocycles. The van der Waals surface area contributed by atoms with Crippen molar-refractivity contribution in [2.24, 2.45) is 0 Å². The lowest BCUT2D eigenvalue weighted by molar-refractivity contribution is -0.134. The summed E-state index contributed by atoms with van der Waals surface area (Å²) < 4.78 is 10.2. The molecular formula is C19H19NO6S. The van der Waals surface area contributed by atoms with Crippen LogP contribution in [0.3, 0.4) is 0 Å². The van der Waals surface area contributed by atoms with Gasteiger partial charge >= 0.3 is 5.97 Å². The van der Waals surface area contributed by atoms with Crippen molar-refractivity contribution in [3.63, 3.8) is 0 Å². The number of carbonyl (C=O) groups excluding carboxylic acids is 3. The molecule has 2 heterocycles. The molecule has 1 amide bonds.